The lowest BCUT2D eigenvalue weighted by molar-refractivity contribution is -0.384. The summed E-state index contributed by atoms with van der Waals surface area (Å²) in [5, 5.41) is 10.2. The van der Waals surface area contributed by atoms with Gasteiger partial charge in [-0.15, -0.1) is 0 Å². The number of halogens is 3. The van der Waals surface area contributed by atoms with E-state index in [2.05, 4.69) is 0 Å². The van der Waals surface area contributed by atoms with Gasteiger partial charge in [-0.1, -0.05) is 0 Å². The van der Waals surface area contributed by atoms with E-state index in [1.165, 1.54) is 0 Å². The summed E-state index contributed by atoms with van der Waals surface area (Å²) < 4.78 is 87.1. The van der Waals surface area contributed by atoms with Crippen LogP contribution in [0.1, 0.15) is 0 Å². The van der Waals surface area contributed by atoms with E-state index < -0.39 is 30.7 Å². The van der Waals surface area contributed by atoms with Crippen LogP contribution < -0.4 is 0 Å². The van der Waals surface area contributed by atoms with E-state index in [1.54, 1.807) is 0 Å². The molecule has 2 N–H and O–H groups in total. The zero-order chi connectivity index (χ0) is 17.1. The van der Waals surface area contributed by atoms with Crippen LogP contribution in [-0.2, 0) is 20.2 Å². The lowest BCUT2D eigenvalue weighted by atomic mass is 10.3. The molecule has 0 aliphatic carbocycles. The van der Waals surface area contributed by atoms with Gasteiger partial charge in [0.15, 0.2) is 0 Å². The van der Waals surface area contributed by atoms with Gasteiger partial charge in [-0.3, -0.25) is 19.2 Å². The molecule has 1 aromatic carbocycles. The zero-order valence-corrected chi connectivity index (χ0v) is 11.2. The molecule has 14 heteroatoms. The summed E-state index contributed by atoms with van der Waals surface area (Å²) in [5.41, 5.74) is -5.76. The Morgan fingerprint density at radius 1 is 1.00 bits per heavy atom. The van der Waals surface area contributed by atoms with E-state index in [0.29, 0.717) is 0 Å². The fourth-order valence-corrected chi connectivity index (χ4v) is 1.22. The Balaban J connectivity index is 0.000000433. The topological polar surface area (TPSA) is 152 Å². The van der Waals surface area contributed by atoms with Crippen molar-refractivity contribution in [2.75, 3.05) is 0 Å². The summed E-state index contributed by atoms with van der Waals surface area (Å²) >= 11 is 0. The van der Waals surface area contributed by atoms with Crippen molar-refractivity contribution in [1.82, 2.24) is 0 Å². The van der Waals surface area contributed by atoms with Crippen LogP contribution in [0.15, 0.2) is 29.2 Å². The van der Waals surface area contributed by atoms with Crippen molar-refractivity contribution in [3.63, 3.8) is 0 Å². The molecule has 1 rings (SSSR count). The van der Waals surface area contributed by atoms with Crippen LogP contribution in [-0.4, -0.2) is 36.4 Å². The van der Waals surface area contributed by atoms with Gasteiger partial charge in [-0.05, 0) is 12.1 Å². The van der Waals surface area contributed by atoms with Gasteiger partial charge in [-0.2, -0.15) is 30.0 Å². The number of hydrogen-bond donors (Lipinski definition) is 2. The first-order chi connectivity index (χ1) is 9.16. The first-order valence-electron chi connectivity index (χ1n) is 4.42. The van der Waals surface area contributed by atoms with E-state index in [4.69, 9.17) is 17.5 Å². The third-order valence-corrected chi connectivity index (χ3v) is 3.09. The van der Waals surface area contributed by atoms with Gasteiger partial charge in [0.05, 0.1) is 9.82 Å². The second-order valence-corrected chi connectivity index (χ2v) is 5.98. The molecule has 0 fully saturated rings. The maximum Gasteiger partial charge on any atom is 0.522 e. The van der Waals surface area contributed by atoms with Crippen molar-refractivity contribution in [3.8, 4) is 0 Å². The number of alkyl halides is 3. The lowest BCUT2D eigenvalue weighted by Gasteiger charge is -1.97. The van der Waals surface area contributed by atoms with E-state index in [9.17, 15) is 31.7 Å². The van der Waals surface area contributed by atoms with Gasteiger partial charge in [0.1, 0.15) is 0 Å². The Morgan fingerprint density at radius 2 is 1.33 bits per heavy atom. The number of nitro groups is 1. The molecule has 0 aliphatic heterocycles. The lowest BCUT2D eigenvalue weighted by Crippen LogP contribution is -2.21. The summed E-state index contributed by atoms with van der Waals surface area (Å²) in [4.78, 5) is 9.13. The van der Waals surface area contributed by atoms with Gasteiger partial charge in [0.25, 0.3) is 15.8 Å². The van der Waals surface area contributed by atoms with Crippen LogP contribution in [0.5, 0.6) is 0 Å². The van der Waals surface area contributed by atoms with Crippen molar-refractivity contribution in [2.24, 2.45) is 0 Å². The largest absolute Gasteiger partial charge is 0.522 e. The highest BCUT2D eigenvalue weighted by Gasteiger charge is 2.44. The Hall–Kier alpha value is -1.77. The quantitative estimate of drug-likeness (QED) is 0.348. The molecule has 0 bridgehead atoms. The number of non-ortho nitro benzene ring substituents is 1. The van der Waals surface area contributed by atoms with E-state index in [-0.39, 0.29) is 10.6 Å². The van der Waals surface area contributed by atoms with Crippen molar-refractivity contribution < 1.29 is 44.0 Å². The molecule has 1 aromatic rings. The molecule has 0 aromatic heterocycles. The minimum Gasteiger partial charge on any atom is -0.282 e. The van der Waals surface area contributed by atoms with Gasteiger partial charge >= 0.3 is 15.6 Å². The summed E-state index contributed by atoms with van der Waals surface area (Å²) in [5.74, 6) is 0. The molecule has 0 aliphatic rings. The smallest absolute Gasteiger partial charge is 0.282 e. The first-order valence-corrected chi connectivity index (χ1v) is 7.30. The number of rotatable bonds is 2. The van der Waals surface area contributed by atoms with Gasteiger partial charge < -0.3 is 0 Å². The molecular formula is C7H6F3NO8S2. The molecule has 0 heterocycles. The normalized spacial score (nSPS) is 12.2. The van der Waals surface area contributed by atoms with Crippen LogP contribution >= 0.6 is 0 Å². The zero-order valence-electron chi connectivity index (χ0n) is 9.55. The minimum absolute atomic E-state index is 0.229. The summed E-state index contributed by atoms with van der Waals surface area (Å²) in [6, 6.07) is 3.94. The average Bonchev–Trinajstić information content (AvgIpc) is 2.26. The van der Waals surface area contributed by atoms with Gasteiger partial charge in [0.2, 0.25) is 0 Å². The maximum absolute atomic E-state index is 10.7. The van der Waals surface area contributed by atoms with Crippen LogP contribution in [0.4, 0.5) is 18.9 Å². The van der Waals surface area contributed by atoms with Crippen LogP contribution in [0.2, 0.25) is 0 Å². The third-order valence-electron chi connectivity index (χ3n) is 1.64. The molecule has 9 nitrogen and oxygen atoms in total. The van der Waals surface area contributed by atoms with Crippen LogP contribution in [0.25, 0.3) is 0 Å². The molecule has 21 heavy (non-hydrogen) atoms. The molecule has 0 spiro atoms. The van der Waals surface area contributed by atoms with Gasteiger partial charge in [0, 0.05) is 12.1 Å². The minimum atomic E-state index is -5.84. The second-order valence-electron chi connectivity index (χ2n) is 3.15. The Kier molecular flexibility index (Phi) is 5.80. The van der Waals surface area contributed by atoms with Crippen LogP contribution in [0.3, 0.4) is 0 Å². The average molecular weight is 353 g/mol. The molecule has 120 valence electrons. The number of nitro benzene ring substituents is 1. The first kappa shape index (κ1) is 19.2. The Bertz CT molecular complexity index is 707. The highest BCUT2D eigenvalue weighted by atomic mass is 32.2. The fourth-order valence-electron chi connectivity index (χ4n) is 0.740. The molecule has 0 unspecified atom stereocenters. The van der Waals surface area contributed by atoms with Crippen molar-refractivity contribution in [2.45, 2.75) is 10.4 Å². The molecule has 0 atom stereocenters. The number of nitrogens with zero attached hydrogens (tertiary/aromatic N) is 1. The maximum atomic E-state index is 10.7. The highest BCUT2D eigenvalue weighted by molar-refractivity contribution is 7.86. The molecular weight excluding hydrogens is 347 g/mol. The Labute approximate surface area is 115 Å². The van der Waals surface area contributed by atoms with Crippen molar-refractivity contribution >= 4 is 25.9 Å². The summed E-state index contributed by atoms with van der Waals surface area (Å²) in [6.07, 6.45) is 0. The van der Waals surface area contributed by atoms with Crippen LogP contribution in [0, 0.1) is 10.1 Å². The van der Waals surface area contributed by atoms with Crippen molar-refractivity contribution in [1.29, 1.82) is 0 Å². The third kappa shape index (κ3) is 6.48. The second kappa shape index (κ2) is 6.33. The van der Waals surface area contributed by atoms with E-state index >= 15 is 0 Å². The monoisotopic (exact) mass is 353 g/mol. The summed E-state index contributed by atoms with van der Waals surface area (Å²) in [7, 11) is -10.1. The molecule has 0 saturated heterocycles. The predicted molar refractivity (Wildman–Crippen MR) is 60.5 cm³/mol. The predicted octanol–water partition coefficient (Wildman–Crippen LogP) is 1.24. The van der Waals surface area contributed by atoms with E-state index in [1.807, 2.05) is 0 Å². The standard InChI is InChI=1S/C6H5NO5S.CHF3O3S/c8-7(9)5-1-3-6(4-2-5)13(10,11)12;2-1(3,4)8(5,6)7/h1-4H,(H,10,11,12);(H,5,6,7). The van der Waals surface area contributed by atoms with Gasteiger partial charge in [-0.25, -0.2) is 0 Å². The number of hydrogen-bond acceptors (Lipinski definition) is 6. The highest BCUT2D eigenvalue weighted by Crippen LogP contribution is 2.20. The SMILES string of the molecule is O=S(=O)(O)C(F)(F)F.O=[N+]([O-])c1ccc(S(=O)(=O)O)cc1. The van der Waals surface area contributed by atoms with E-state index in [0.717, 1.165) is 24.3 Å². The molecule has 0 radical (unpaired) electrons. The summed E-state index contributed by atoms with van der Waals surface area (Å²) in [6.45, 7) is 0. The molecule has 0 amide bonds. The van der Waals surface area contributed by atoms with Crippen molar-refractivity contribution in [3.05, 3.63) is 34.4 Å². The Morgan fingerprint density at radius 3 is 1.52 bits per heavy atom. The molecule has 0 saturated carbocycles. The fraction of sp³-hybridized carbons (Fsp3) is 0.143. The number of benzene rings is 1.